The van der Waals surface area contributed by atoms with Gasteiger partial charge in [-0.25, -0.2) is 8.42 Å². The van der Waals surface area contributed by atoms with Gasteiger partial charge in [-0.15, -0.1) is 10.2 Å². The molecule has 2 heterocycles. The molecule has 0 radical (unpaired) electrons. The van der Waals surface area contributed by atoms with Gasteiger partial charge in [0.1, 0.15) is 10.0 Å². The van der Waals surface area contributed by atoms with Crippen molar-refractivity contribution in [3.63, 3.8) is 0 Å². The van der Waals surface area contributed by atoms with E-state index in [4.69, 9.17) is 0 Å². The highest BCUT2D eigenvalue weighted by Gasteiger charge is 2.32. The molecule has 0 aliphatic carbocycles. The Bertz CT molecular complexity index is 713. The number of rotatable bonds is 4. The third kappa shape index (κ3) is 3.14. The summed E-state index contributed by atoms with van der Waals surface area (Å²) >= 11 is 1.51. The van der Waals surface area contributed by atoms with Crippen LogP contribution in [0.25, 0.3) is 0 Å². The highest BCUT2D eigenvalue weighted by Crippen LogP contribution is 2.33. The molecule has 0 bridgehead atoms. The monoisotopic (exact) mass is 323 g/mol. The molecule has 1 fully saturated rings. The molecule has 1 aromatic carbocycles. The summed E-state index contributed by atoms with van der Waals surface area (Å²) in [4.78, 5) is 0. The van der Waals surface area contributed by atoms with Gasteiger partial charge in [-0.1, -0.05) is 41.7 Å². The lowest BCUT2D eigenvalue weighted by Gasteiger charge is -2.12. The maximum absolute atomic E-state index is 11.6. The number of nitrogens with zero attached hydrogens (tertiary/aromatic N) is 2. The molecule has 1 saturated heterocycles. The molecule has 21 heavy (non-hydrogen) atoms. The van der Waals surface area contributed by atoms with Crippen LogP contribution in [-0.4, -0.2) is 37.2 Å². The number of benzene rings is 1. The zero-order valence-electron chi connectivity index (χ0n) is 11.7. The van der Waals surface area contributed by atoms with E-state index in [0.29, 0.717) is 6.42 Å². The third-order valence-corrected chi connectivity index (χ3v) is 6.63. The van der Waals surface area contributed by atoms with Gasteiger partial charge in [-0.2, -0.15) is 0 Å². The maximum atomic E-state index is 11.6. The molecule has 0 spiro atoms. The van der Waals surface area contributed by atoms with Crippen LogP contribution in [0.3, 0.4) is 0 Å². The maximum Gasteiger partial charge on any atom is 0.151 e. The Hall–Kier alpha value is -1.31. The average Bonchev–Trinajstić information content (AvgIpc) is 3.08. The highest BCUT2D eigenvalue weighted by atomic mass is 32.2. The molecule has 2 atom stereocenters. The van der Waals surface area contributed by atoms with Gasteiger partial charge < -0.3 is 5.32 Å². The zero-order chi connectivity index (χ0) is 14.9. The van der Waals surface area contributed by atoms with Crippen LogP contribution in [0, 0.1) is 0 Å². The minimum Gasteiger partial charge on any atom is -0.307 e. The lowest BCUT2D eigenvalue weighted by Crippen LogP contribution is -2.17. The van der Waals surface area contributed by atoms with Crippen molar-refractivity contribution in [3.05, 3.63) is 45.9 Å². The van der Waals surface area contributed by atoms with Crippen LogP contribution in [0.1, 0.15) is 34.0 Å². The molecule has 1 aliphatic rings. The molecule has 2 unspecified atom stereocenters. The summed E-state index contributed by atoms with van der Waals surface area (Å²) in [5.74, 6) is 0.479. The predicted molar refractivity (Wildman–Crippen MR) is 83.3 cm³/mol. The van der Waals surface area contributed by atoms with Crippen LogP contribution in [-0.2, 0) is 9.84 Å². The smallest absolute Gasteiger partial charge is 0.151 e. The fourth-order valence-electron chi connectivity index (χ4n) is 2.60. The van der Waals surface area contributed by atoms with E-state index in [1.165, 1.54) is 11.3 Å². The Morgan fingerprint density at radius 1 is 1.29 bits per heavy atom. The van der Waals surface area contributed by atoms with Gasteiger partial charge >= 0.3 is 0 Å². The van der Waals surface area contributed by atoms with E-state index < -0.39 is 9.84 Å². The minimum absolute atomic E-state index is 0.00420. The van der Waals surface area contributed by atoms with Crippen molar-refractivity contribution >= 4 is 21.2 Å². The Morgan fingerprint density at radius 3 is 2.67 bits per heavy atom. The number of hydrogen-bond donors (Lipinski definition) is 1. The van der Waals surface area contributed by atoms with Crippen LogP contribution in [0.5, 0.6) is 0 Å². The van der Waals surface area contributed by atoms with Crippen molar-refractivity contribution in [2.24, 2.45) is 0 Å². The second kappa shape index (κ2) is 5.82. The Kier molecular flexibility index (Phi) is 4.05. The van der Waals surface area contributed by atoms with Crippen molar-refractivity contribution in [1.29, 1.82) is 0 Å². The van der Waals surface area contributed by atoms with Crippen LogP contribution in [0.15, 0.2) is 30.3 Å². The summed E-state index contributed by atoms with van der Waals surface area (Å²) in [6, 6.07) is 10.0. The van der Waals surface area contributed by atoms with Crippen molar-refractivity contribution in [3.8, 4) is 0 Å². The van der Waals surface area contributed by atoms with Crippen molar-refractivity contribution in [2.45, 2.75) is 18.4 Å². The molecule has 3 rings (SSSR count). The third-order valence-electron chi connectivity index (χ3n) is 3.71. The van der Waals surface area contributed by atoms with Gasteiger partial charge in [0.25, 0.3) is 0 Å². The van der Waals surface area contributed by atoms with Gasteiger partial charge in [0.05, 0.1) is 17.5 Å². The average molecular weight is 323 g/mol. The first-order valence-electron chi connectivity index (χ1n) is 6.85. The molecule has 1 N–H and O–H groups in total. The zero-order valence-corrected chi connectivity index (χ0v) is 13.3. The summed E-state index contributed by atoms with van der Waals surface area (Å²) in [5, 5.41) is 13.4. The summed E-state index contributed by atoms with van der Waals surface area (Å²) < 4.78 is 23.2. The fraction of sp³-hybridized carbons (Fsp3) is 0.429. The molecule has 5 nitrogen and oxygen atoms in total. The second-order valence-electron chi connectivity index (χ2n) is 5.21. The molecule has 1 aliphatic heterocycles. The van der Waals surface area contributed by atoms with Crippen LogP contribution < -0.4 is 5.32 Å². The summed E-state index contributed by atoms with van der Waals surface area (Å²) in [6.07, 6.45) is 0.659. The van der Waals surface area contributed by atoms with Crippen LogP contribution >= 0.6 is 11.3 Å². The SMILES string of the molecule is CNC(c1ccccc1)c1nnc(C2CCS(=O)(=O)C2)s1. The molecule has 2 aromatic rings. The summed E-state index contributed by atoms with van der Waals surface area (Å²) in [5.41, 5.74) is 1.13. The highest BCUT2D eigenvalue weighted by molar-refractivity contribution is 7.91. The van der Waals surface area contributed by atoms with E-state index in [1.54, 1.807) is 0 Å². The van der Waals surface area contributed by atoms with E-state index >= 15 is 0 Å². The van der Waals surface area contributed by atoms with E-state index in [-0.39, 0.29) is 23.5 Å². The van der Waals surface area contributed by atoms with Gasteiger partial charge in [0, 0.05) is 5.92 Å². The van der Waals surface area contributed by atoms with E-state index in [0.717, 1.165) is 15.6 Å². The van der Waals surface area contributed by atoms with Gasteiger partial charge in [-0.3, -0.25) is 0 Å². The van der Waals surface area contributed by atoms with E-state index in [9.17, 15) is 8.42 Å². The molecule has 112 valence electrons. The minimum atomic E-state index is -2.89. The largest absolute Gasteiger partial charge is 0.307 e. The quantitative estimate of drug-likeness (QED) is 0.928. The normalized spacial score (nSPS) is 22.2. The molecule has 0 amide bonds. The predicted octanol–water partition coefficient (Wildman–Crippen LogP) is 1.75. The van der Waals surface area contributed by atoms with Crippen LogP contribution in [0.2, 0.25) is 0 Å². The van der Waals surface area contributed by atoms with Crippen molar-refractivity contribution in [2.75, 3.05) is 18.6 Å². The summed E-state index contributed by atoms with van der Waals surface area (Å²) in [7, 11) is -1.00. The van der Waals surface area contributed by atoms with Gasteiger partial charge in [0.15, 0.2) is 9.84 Å². The van der Waals surface area contributed by atoms with Crippen LogP contribution in [0.4, 0.5) is 0 Å². The number of sulfone groups is 1. The molecule has 7 heteroatoms. The van der Waals surface area contributed by atoms with Gasteiger partial charge in [-0.05, 0) is 19.0 Å². The first-order chi connectivity index (χ1) is 10.1. The van der Waals surface area contributed by atoms with Crippen molar-refractivity contribution < 1.29 is 8.42 Å². The standard InChI is InChI=1S/C14H17N3O2S2/c1-15-12(10-5-3-2-4-6-10)14-17-16-13(20-14)11-7-8-21(18,19)9-11/h2-6,11-12,15H,7-9H2,1H3. The number of aromatic nitrogens is 2. The first-order valence-corrected chi connectivity index (χ1v) is 9.49. The molecular formula is C14H17N3O2S2. The number of hydrogen-bond acceptors (Lipinski definition) is 6. The molecule has 1 aromatic heterocycles. The Morgan fingerprint density at radius 2 is 2.05 bits per heavy atom. The van der Waals surface area contributed by atoms with E-state index in [2.05, 4.69) is 15.5 Å². The lowest BCUT2D eigenvalue weighted by atomic mass is 10.1. The fourth-order valence-corrected chi connectivity index (χ4v) is 5.57. The number of nitrogens with one attached hydrogen (secondary N) is 1. The summed E-state index contributed by atoms with van der Waals surface area (Å²) in [6.45, 7) is 0. The molecular weight excluding hydrogens is 306 g/mol. The molecule has 0 saturated carbocycles. The Balaban J connectivity index is 1.84. The van der Waals surface area contributed by atoms with E-state index in [1.807, 2.05) is 37.4 Å². The van der Waals surface area contributed by atoms with Crippen molar-refractivity contribution in [1.82, 2.24) is 15.5 Å². The van der Waals surface area contributed by atoms with Gasteiger partial charge in [0.2, 0.25) is 0 Å². The second-order valence-corrected chi connectivity index (χ2v) is 8.48. The first kappa shape index (κ1) is 14.6. The topological polar surface area (TPSA) is 72.0 Å². The lowest BCUT2D eigenvalue weighted by molar-refractivity contribution is 0.601. The Labute approximate surface area is 128 Å².